The van der Waals surface area contributed by atoms with E-state index >= 15 is 0 Å². The maximum Gasteiger partial charge on any atom is 0.223 e. The number of nitrogens with one attached hydrogen (secondary N) is 2. The van der Waals surface area contributed by atoms with Crippen molar-refractivity contribution in [3.05, 3.63) is 59.4 Å². The van der Waals surface area contributed by atoms with Crippen molar-refractivity contribution in [1.82, 2.24) is 19.7 Å². The molecule has 184 valence electrons. The summed E-state index contributed by atoms with van der Waals surface area (Å²) >= 11 is 1.48. The number of thiazole rings is 1. The molecule has 5 rings (SSSR count). The number of nitrogens with zero attached hydrogens (tertiary/aromatic N) is 5. The summed E-state index contributed by atoms with van der Waals surface area (Å²) in [5.74, 6) is 0.699. The number of benzene rings is 1. The largest absolute Gasteiger partial charge is 0.399 e. The number of fused-ring (bicyclic) bond motifs is 3. The summed E-state index contributed by atoms with van der Waals surface area (Å²) in [7, 11) is 1.52. The van der Waals surface area contributed by atoms with Gasteiger partial charge in [-0.25, -0.2) is 14.6 Å². The van der Waals surface area contributed by atoms with Gasteiger partial charge >= 0.3 is 0 Å². The van der Waals surface area contributed by atoms with E-state index in [4.69, 9.17) is 9.94 Å². The van der Waals surface area contributed by atoms with Gasteiger partial charge in [0, 0.05) is 30.3 Å². The molecule has 0 saturated heterocycles. The summed E-state index contributed by atoms with van der Waals surface area (Å²) < 4.78 is 1.97. The van der Waals surface area contributed by atoms with Gasteiger partial charge in [0.25, 0.3) is 0 Å². The number of hydrogen-bond donors (Lipinski definition) is 2. The molecule has 3 aromatic heterocycles. The number of anilines is 2. The lowest BCUT2D eigenvalue weighted by Gasteiger charge is -2.14. The minimum absolute atomic E-state index is 0.134. The zero-order valence-electron chi connectivity index (χ0n) is 20.6. The number of oxime groups is 1. The van der Waals surface area contributed by atoms with Gasteiger partial charge in [-0.15, -0.1) is 0 Å². The zero-order valence-corrected chi connectivity index (χ0v) is 21.4. The van der Waals surface area contributed by atoms with Crippen LogP contribution >= 0.6 is 11.3 Å². The van der Waals surface area contributed by atoms with Gasteiger partial charge in [0.2, 0.25) is 5.91 Å². The van der Waals surface area contributed by atoms with Crippen LogP contribution in [0.3, 0.4) is 0 Å². The fourth-order valence-corrected chi connectivity index (χ4v) is 5.34. The Morgan fingerprint density at radius 3 is 2.67 bits per heavy atom. The lowest BCUT2D eigenvalue weighted by atomic mass is 9.95. The highest BCUT2D eigenvalue weighted by Gasteiger charge is 2.30. The highest BCUT2D eigenvalue weighted by molar-refractivity contribution is 7.19. The van der Waals surface area contributed by atoms with Crippen LogP contribution in [0.15, 0.2) is 47.8 Å². The van der Waals surface area contributed by atoms with Gasteiger partial charge in [0.1, 0.15) is 12.9 Å². The first-order chi connectivity index (χ1) is 17.4. The molecular formula is C26H27N7O2S. The summed E-state index contributed by atoms with van der Waals surface area (Å²) in [6.07, 6.45) is 5.11. The van der Waals surface area contributed by atoms with E-state index in [1.807, 2.05) is 41.2 Å². The summed E-state index contributed by atoms with van der Waals surface area (Å²) in [5.41, 5.74) is 6.82. The van der Waals surface area contributed by atoms with Gasteiger partial charge < -0.3 is 15.5 Å². The lowest BCUT2D eigenvalue weighted by molar-refractivity contribution is -0.114. The minimum atomic E-state index is -0.134. The van der Waals surface area contributed by atoms with E-state index in [1.54, 1.807) is 6.21 Å². The number of aromatic nitrogens is 4. The SMILES string of the molecule is CON=Cc1ccc(-n2nc(-c3ccc(NC(C)C)nc3)c3c2-c2sc(NC(C)=O)nc2CC3)cc1. The summed E-state index contributed by atoms with van der Waals surface area (Å²) in [4.78, 5) is 26.8. The van der Waals surface area contributed by atoms with Gasteiger partial charge in [-0.05, 0) is 56.5 Å². The van der Waals surface area contributed by atoms with Gasteiger partial charge in [-0.1, -0.05) is 28.6 Å². The van der Waals surface area contributed by atoms with E-state index < -0.39 is 0 Å². The molecule has 0 unspecified atom stereocenters. The van der Waals surface area contributed by atoms with Crippen molar-refractivity contribution in [3.63, 3.8) is 0 Å². The van der Waals surface area contributed by atoms with Crippen LogP contribution in [0.4, 0.5) is 10.9 Å². The van der Waals surface area contributed by atoms with Gasteiger partial charge in [0.05, 0.1) is 33.9 Å². The second-order valence-corrected chi connectivity index (χ2v) is 9.80. The first kappa shape index (κ1) is 23.7. The van der Waals surface area contributed by atoms with E-state index in [2.05, 4.69) is 45.7 Å². The van der Waals surface area contributed by atoms with Crippen molar-refractivity contribution < 1.29 is 9.63 Å². The van der Waals surface area contributed by atoms with Crippen molar-refractivity contribution in [2.45, 2.75) is 39.7 Å². The molecular weight excluding hydrogens is 474 g/mol. The van der Waals surface area contributed by atoms with Crippen LogP contribution in [-0.4, -0.2) is 45.0 Å². The molecule has 1 amide bonds. The van der Waals surface area contributed by atoms with E-state index in [-0.39, 0.29) is 5.91 Å². The first-order valence-electron chi connectivity index (χ1n) is 11.7. The molecule has 0 radical (unpaired) electrons. The monoisotopic (exact) mass is 501 g/mol. The molecule has 9 nitrogen and oxygen atoms in total. The Kier molecular flexibility index (Phi) is 6.51. The van der Waals surface area contributed by atoms with E-state index in [1.165, 1.54) is 25.4 Å². The summed E-state index contributed by atoms with van der Waals surface area (Å²) in [6, 6.07) is 12.3. The van der Waals surface area contributed by atoms with Crippen LogP contribution in [-0.2, 0) is 22.5 Å². The van der Waals surface area contributed by atoms with Gasteiger partial charge in [-0.3, -0.25) is 4.79 Å². The topological polar surface area (TPSA) is 106 Å². The number of aryl methyl sites for hydroxylation is 1. The summed E-state index contributed by atoms with van der Waals surface area (Å²) in [6.45, 7) is 5.66. The molecule has 36 heavy (non-hydrogen) atoms. The van der Waals surface area contributed by atoms with E-state index in [0.717, 1.165) is 63.0 Å². The quantitative estimate of drug-likeness (QED) is 0.275. The maximum atomic E-state index is 11.7. The Bertz CT molecular complexity index is 1420. The molecule has 1 aliphatic rings. The molecule has 1 aromatic carbocycles. The normalized spacial score (nSPS) is 12.5. The third-order valence-electron chi connectivity index (χ3n) is 5.71. The lowest BCUT2D eigenvalue weighted by Crippen LogP contribution is -2.10. The fraction of sp³-hybridized carbons (Fsp3) is 0.269. The molecule has 0 spiro atoms. The van der Waals surface area contributed by atoms with E-state index in [9.17, 15) is 4.79 Å². The van der Waals surface area contributed by atoms with Crippen molar-refractivity contribution in [1.29, 1.82) is 0 Å². The molecule has 3 heterocycles. The first-order valence-corrected chi connectivity index (χ1v) is 12.5. The fourth-order valence-electron chi connectivity index (χ4n) is 4.22. The zero-order chi connectivity index (χ0) is 25.2. The third-order valence-corrected chi connectivity index (χ3v) is 6.73. The van der Waals surface area contributed by atoms with Crippen molar-refractivity contribution in [2.75, 3.05) is 17.7 Å². The molecule has 2 N–H and O–H groups in total. The number of carbonyl (C=O) groups excluding carboxylic acids is 1. The highest BCUT2D eigenvalue weighted by atomic mass is 32.1. The average molecular weight is 502 g/mol. The Morgan fingerprint density at radius 2 is 2.00 bits per heavy atom. The number of pyridine rings is 1. The van der Waals surface area contributed by atoms with Crippen LogP contribution in [0, 0.1) is 0 Å². The van der Waals surface area contributed by atoms with Crippen molar-refractivity contribution in [2.24, 2.45) is 5.16 Å². The molecule has 0 fully saturated rings. The standard InChI is InChI=1S/C26H27N7O2S/c1-15(2)29-22-12-7-18(14-27-22)23-20-10-11-21-25(36-26(31-21)30-16(3)34)24(20)33(32-23)19-8-5-17(6-9-19)13-28-35-4/h5-9,12-15H,10-11H2,1-4H3,(H,27,29)(H,30,31,34). The molecule has 1 aliphatic carbocycles. The van der Waals surface area contributed by atoms with Crippen LogP contribution in [0.1, 0.15) is 37.6 Å². The predicted octanol–water partition coefficient (Wildman–Crippen LogP) is 4.92. The Balaban J connectivity index is 1.63. The predicted molar refractivity (Wildman–Crippen MR) is 143 cm³/mol. The van der Waals surface area contributed by atoms with Gasteiger partial charge in [-0.2, -0.15) is 5.10 Å². The molecule has 0 saturated carbocycles. The minimum Gasteiger partial charge on any atom is -0.399 e. The Hall–Kier alpha value is -4.05. The molecule has 4 aromatic rings. The number of amides is 1. The van der Waals surface area contributed by atoms with Crippen molar-refractivity contribution >= 4 is 34.4 Å². The number of carbonyl (C=O) groups is 1. The van der Waals surface area contributed by atoms with Crippen LogP contribution < -0.4 is 10.6 Å². The third kappa shape index (κ3) is 4.72. The maximum absolute atomic E-state index is 11.7. The van der Waals surface area contributed by atoms with Gasteiger partial charge in [0.15, 0.2) is 5.13 Å². The second kappa shape index (κ2) is 9.90. The average Bonchev–Trinajstić information content (AvgIpc) is 3.44. The molecule has 0 atom stereocenters. The van der Waals surface area contributed by atoms with E-state index in [0.29, 0.717) is 11.2 Å². The second-order valence-electron chi connectivity index (χ2n) is 8.80. The van der Waals surface area contributed by atoms with Crippen LogP contribution in [0.25, 0.3) is 27.5 Å². The number of rotatable bonds is 7. The number of hydrogen-bond acceptors (Lipinski definition) is 8. The van der Waals surface area contributed by atoms with Crippen molar-refractivity contribution in [3.8, 4) is 27.5 Å². The smallest absolute Gasteiger partial charge is 0.223 e. The molecule has 0 aliphatic heterocycles. The Labute approximate surface area is 213 Å². The summed E-state index contributed by atoms with van der Waals surface area (Å²) in [5, 5.41) is 15.7. The molecule has 10 heteroatoms. The van der Waals surface area contributed by atoms with Crippen LogP contribution in [0.5, 0.6) is 0 Å². The highest BCUT2D eigenvalue weighted by Crippen LogP contribution is 2.44. The van der Waals surface area contributed by atoms with Crippen LogP contribution in [0.2, 0.25) is 0 Å². The molecule has 0 bridgehead atoms. The Morgan fingerprint density at radius 1 is 1.19 bits per heavy atom.